The third-order valence-electron chi connectivity index (χ3n) is 4.66. The number of hydrogen-bond acceptors (Lipinski definition) is 7. The van der Waals surface area contributed by atoms with Gasteiger partial charge in [0, 0.05) is 19.0 Å². The highest BCUT2D eigenvalue weighted by Gasteiger charge is 2.23. The molecule has 2 heterocycles. The van der Waals surface area contributed by atoms with E-state index in [0.29, 0.717) is 17.0 Å². The van der Waals surface area contributed by atoms with E-state index >= 15 is 0 Å². The molecule has 3 aromatic rings. The van der Waals surface area contributed by atoms with Gasteiger partial charge in [-0.2, -0.15) is 20.0 Å². The molecule has 1 unspecified atom stereocenters. The highest BCUT2D eigenvalue weighted by molar-refractivity contribution is 7.85. The van der Waals surface area contributed by atoms with Gasteiger partial charge in [-0.25, -0.2) is 9.67 Å². The van der Waals surface area contributed by atoms with Crippen molar-refractivity contribution in [2.24, 2.45) is 4.36 Å². The number of rotatable bonds is 6. The first kappa shape index (κ1) is 24.6. The first-order valence-corrected chi connectivity index (χ1v) is 11.9. The number of amides is 2. The maximum Gasteiger partial charge on any atom is 0.274 e. The Bertz CT molecular complexity index is 1400. The molecule has 0 radical (unpaired) electrons. The van der Waals surface area contributed by atoms with Gasteiger partial charge in [-0.05, 0) is 49.1 Å². The largest absolute Gasteiger partial charge is 0.355 e. The molecule has 2 N–H and O–H groups in total. The van der Waals surface area contributed by atoms with Crippen LogP contribution < -0.4 is 10.6 Å². The number of benzene rings is 1. The van der Waals surface area contributed by atoms with Gasteiger partial charge in [0.25, 0.3) is 11.8 Å². The second-order valence-corrected chi connectivity index (χ2v) is 9.12. The van der Waals surface area contributed by atoms with Crippen LogP contribution in [-0.2, 0) is 16.4 Å². The lowest BCUT2D eigenvalue weighted by atomic mass is 10.0. The van der Waals surface area contributed by atoms with Crippen molar-refractivity contribution in [3.8, 4) is 18.1 Å². The molecular formula is C22H19ClN8O2S. The van der Waals surface area contributed by atoms with E-state index in [0.717, 1.165) is 0 Å². The van der Waals surface area contributed by atoms with Crippen LogP contribution in [0.25, 0.3) is 5.82 Å². The molecule has 0 fully saturated rings. The topological polar surface area (TPSA) is 149 Å². The van der Waals surface area contributed by atoms with Crippen LogP contribution in [-0.4, -0.2) is 39.9 Å². The summed E-state index contributed by atoms with van der Waals surface area (Å²) in [5.74, 6) is -0.431. The lowest BCUT2D eigenvalue weighted by molar-refractivity contribution is 0.0964. The lowest BCUT2D eigenvalue weighted by Crippen LogP contribution is -2.24. The molecule has 1 atom stereocenters. The molecular weight excluding hydrogens is 476 g/mol. The van der Waals surface area contributed by atoms with Crippen molar-refractivity contribution >= 4 is 39.8 Å². The predicted octanol–water partition coefficient (Wildman–Crippen LogP) is 3.13. The average Bonchev–Trinajstić information content (AvgIpc) is 3.23. The van der Waals surface area contributed by atoms with Crippen molar-refractivity contribution in [3.05, 3.63) is 69.6 Å². The quantitative estimate of drug-likeness (QED) is 0.503. The van der Waals surface area contributed by atoms with Crippen LogP contribution in [0.5, 0.6) is 0 Å². The molecule has 0 bridgehead atoms. The van der Waals surface area contributed by atoms with Gasteiger partial charge < -0.3 is 10.6 Å². The zero-order valence-corrected chi connectivity index (χ0v) is 20.0. The number of aromatic nitrogens is 3. The number of hydrogen-bond donors (Lipinski definition) is 2. The predicted molar refractivity (Wildman–Crippen MR) is 129 cm³/mol. The Balaban J connectivity index is 2.10. The van der Waals surface area contributed by atoms with Crippen molar-refractivity contribution in [2.75, 3.05) is 18.6 Å². The van der Waals surface area contributed by atoms with E-state index < -0.39 is 22.5 Å². The molecule has 0 spiro atoms. The van der Waals surface area contributed by atoms with Gasteiger partial charge in [-0.1, -0.05) is 22.3 Å². The molecule has 2 aromatic heterocycles. The summed E-state index contributed by atoms with van der Waals surface area (Å²) in [6.45, 7) is 1.69. The van der Waals surface area contributed by atoms with Crippen LogP contribution >= 0.6 is 11.6 Å². The third-order valence-corrected chi connectivity index (χ3v) is 6.06. The first-order valence-electron chi connectivity index (χ1n) is 9.79. The molecule has 0 aliphatic heterocycles. The Morgan fingerprint density at radius 2 is 2.03 bits per heavy atom. The second kappa shape index (κ2) is 10.7. The van der Waals surface area contributed by atoms with Crippen LogP contribution in [0.1, 0.15) is 37.7 Å². The lowest BCUT2D eigenvalue weighted by Gasteiger charge is -2.14. The van der Waals surface area contributed by atoms with E-state index in [9.17, 15) is 14.9 Å². The van der Waals surface area contributed by atoms with Crippen LogP contribution in [0.3, 0.4) is 0 Å². The fourth-order valence-electron chi connectivity index (χ4n) is 3.18. The van der Waals surface area contributed by atoms with Gasteiger partial charge in [0.05, 0.1) is 33.6 Å². The number of anilines is 1. The van der Waals surface area contributed by atoms with E-state index in [4.69, 9.17) is 16.9 Å². The summed E-state index contributed by atoms with van der Waals surface area (Å²) in [5.41, 5.74) is 1.88. The molecule has 2 amide bonds. The fraction of sp³-hybridized carbons (Fsp3) is 0.182. The smallest absolute Gasteiger partial charge is 0.274 e. The number of halogens is 1. The average molecular weight is 495 g/mol. The maximum atomic E-state index is 13.4. The zero-order chi connectivity index (χ0) is 24.8. The van der Waals surface area contributed by atoms with Gasteiger partial charge in [0.2, 0.25) is 6.19 Å². The summed E-state index contributed by atoms with van der Waals surface area (Å²) in [5, 5.41) is 28.1. The number of carbonyl (C=O) groups is 2. The monoisotopic (exact) mass is 494 g/mol. The molecule has 34 heavy (non-hydrogen) atoms. The van der Waals surface area contributed by atoms with Gasteiger partial charge in [-0.15, -0.1) is 0 Å². The van der Waals surface area contributed by atoms with Crippen LogP contribution in [0.4, 0.5) is 5.69 Å². The molecule has 1 aromatic carbocycles. The van der Waals surface area contributed by atoms with Crippen molar-refractivity contribution in [1.82, 2.24) is 20.1 Å². The van der Waals surface area contributed by atoms with Crippen molar-refractivity contribution in [2.45, 2.75) is 12.7 Å². The molecule has 0 saturated heterocycles. The van der Waals surface area contributed by atoms with E-state index in [1.165, 1.54) is 24.0 Å². The minimum absolute atomic E-state index is 0.121. The Hall–Kier alpha value is -4.06. The van der Waals surface area contributed by atoms with E-state index in [-0.39, 0.29) is 33.3 Å². The number of nitrogens with one attached hydrogen (secondary N) is 2. The molecule has 3 rings (SSSR count). The Labute approximate surface area is 203 Å². The third kappa shape index (κ3) is 5.29. The number of nitriles is 2. The van der Waals surface area contributed by atoms with Crippen molar-refractivity contribution in [3.63, 3.8) is 0 Å². The number of pyridine rings is 1. The Kier molecular flexibility index (Phi) is 7.74. The van der Waals surface area contributed by atoms with Gasteiger partial charge >= 0.3 is 0 Å². The van der Waals surface area contributed by atoms with E-state index in [1.54, 1.807) is 43.6 Å². The number of nitrogens with zero attached hydrogens (tertiary/aromatic N) is 6. The molecule has 0 aliphatic rings. The summed E-state index contributed by atoms with van der Waals surface area (Å²) < 4.78 is 5.12. The van der Waals surface area contributed by atoms with Gasteiger partial charge in [-0.3, -0.25) is 9.59 Å². The summed E-state index contributed by atoms with van der Waals surface area (Å²) in [6.07, 6.45) is 5.08. The van der Waals surface area contributed by atoms with E-state index in [2.05, 4.69) is 25.1 Å². The molecule has 0 aliphatic carbocycles. The maximum absolute atomic E-state index is 13.4. The first-order chi connectivity index (χ1) is 16.3. The number of carbonyl (C=O) groups excluding carboxylic acids is 2. The SMILES string of the molecule is CNC(=O)c1cc(C#N)cc(C)c1NC(=O)c1cc(CS(C)=NC#N)nn1-c1ncccc1Cl. The van der Waals surface area contributed by atoms with Crippen LogP contribution in [0.2, 0.25) is 5.02 Å². The zero-order valence-electron chi connectivity index (χ0n) is 18.5. The summed E-state index contributed by atoms with van der Waals surface area (Å²) in [6, 6.07) is 9.83. The van der Waals surface area contributed by atoms with Crippen LogP contribution in [0.15, 0.2) is 40.9 Å². The highest BCUT2D eigenvalue weighted by atomic mass is 35.5. The standard InChI is InChI=1S/C22H19ClN8O2S/c1-13-7-14(10-24)8-16(21(32)26-2)19(13)29-22(33)18-9-15(11-34(3)28-12-25)30-31(18)20-17(23)5-4-6-27-20/h4-9H,11H2,1-3H3,(H,26,32)(H,29,33). The Morgan fingerprint density at radius 3 is 2.68 bits per heavy atom. The minimum atomic E-state index is -0.628. The fourth-order valence-corrected chi connectivity index (χ4v) is 4.16. The summed E-state index contributed by atoms with van der Waals surface area (Å²) in [4.78, 5) is 30.1. The van der Waals surface area contributed by atoms with Crippen LogP contribution in [0, 0.1) is 29.7 Å². The number of aryl methyl sites for hydroxylation is 1. The van der Waals surface area contributed by atoms with Crippen molar-refractivity contribution in [1.29, 1.82) is 10.5 Å². The summed E-state index contributed by atoms with van der Waals surface area (Å²) in [7, 11) is 0.831. The van der Waals surface area contributed by atoms with Gasteiger partial charge in [0.15, 0.2) is 5.82 Å². The molecule has 12 heteroatoms. The molecule has 10 nitrogen and oxygen atoms in total. The molecule has 172 valence electrons. The second-order valence-electron chi connectivity index (χ2n) is 7.04. The highest BCUT2D eigenvalue weighted by Crippen LogP contribution is 2.25. The normalized spacial score (nSPS) is 11.4. The molecule has 0 saturated carbocycles. The minimum Gasteiger partial charge on any atom is -0.355 e. The summed E-state index contributed by atoms with van der Waals surface area (Å²) >= 11 is 6.31. The van der Waals surface area contributed by atoms with Gasteiger partial charge in [0.1, 0.15) is 5.69 Å². The van der Waals surface area contributed by atoms with Crippen molar-refractivity contribution < 1.29 is 9.59 Å². The van der Waals surface area contributed by atoms with E-state index in [1.807, 2.05) is 6.07 Å². The Morgan fingerprint density at radius 1 is 1.26 bits per heavy atom.